The van der Waals surface area contributed by atoms with Gasteiger partial charge in [0, 0.05) is 26.2 Å². The van der Waals surface area contributed by atoms with E-state index >= 15 is 0 Å². The third kappa shape index (κ3) is 3.85. The SMILES string of the molecule is C[C@H](N)c1ccc(N(C)CC2CCCOC2)c(Cl)c1. The average molecular weight is 283 g/mol. The molecule has 3 nitrogen and oxygen atoms in total. The van der Waals surface area contributed by atoms with E-state index in [0.29, 0.717) is 5.92 Å². The van der Waals surface area contributed by atoms with Gasteiger partial charge in [-0.3, -0.25) is 0 Å². The second kappa shape index (κ2) is 6.60. The van der Waals surface area contributed by atoms with Crippen LogP contribution in [0, 0.1) is 5.92 Å². The van der Waals surface area contributed by atoms with E-state index in [0.717, 1.165) is 42.5 Å². The Kier molecular flexibility index (Phi) is 5.08. The molecule has 0 aliphatic carbocycles. The van der Waals surface area contributed by atoms with E-state index in [1.165, 1.54) is 6.42 Å². The highest BCUT2D eigenvalue weighted by Gasteiger charge is 2.17. The maximum absolute atomic E-state index is 6.36. The number of benzene rings is 1. The number of halogens is 1. The lowest BCUT2D eigenvalue weighted by atomic mass is 10.0. The van der Waals surface area contributed by atoms with Crippen LogP contribution in [0.2, 0.25) is 5.02 Å². The van der Waals surface area contributed by atoms with Gasteiger partial charge < -0.3 is 15.4 Å². The zero-order valence-electron chi connectivity index (χ0n) is 11.7. The zero-order valence-corrected chi connectivity index (χ0v) is 12.5. The number of hydrogen-bond donors (Lipinski definition) is 1. The van der Waals surface area contributed by atoms with Crippen molar-refractivity contribution in [1.29, 1.82) is 0 Å². The van der Waals surface area contributed by atoms with Gasteiger partial charge in [-0.2, -0.15) is 0 Å². The van der Waals surface area contributed by atoms with Crippen LogP contribution in [0.25, 0.3) is 0 Å². The number of anilines is 1. The summed E-state index contributed by atoms with van der Waals surface area (Å²) in [4.78, 5) is 2.21. The first-order valence-electron chi connectivity index (χ1n) is 6.92. The molecule has 1 aliphatic heterocycles. The standard InChI is InChI=1S/C15H23ClN2O/c1-11(17)13-5-6-15(14(16)8-13)18(2)9-12-4-3-7-19-10-12/h5-6,8,11-12H,3-4,7,9-10,17H2,1-2H3/t11-,12?/m0/s1. The first-order valence-corrected chi connectivity index (χ1v) is 7.29. The van der Waals surface area contributed by atoms with E-state index in [4.69, 9.17) is 22.1 Å². The smallest absolute Gasteiger partial charge is 0.0642 e. The van der Waals surface area contributed by atoms with Gasteiger partial charge in [0.25, 0.3) is 0 Å². The van der Waals surface area contributed by atoms with E-state index in [9.17, 15) is 0 Å². The topological polar surface area (TPSA) is 38.5 Å². The van der Waals surface area contributed by atoms with Crippen molar-refractivity contribution >= 4 is 17.3 Å². The Hall–Kier alpha value is -0.770. The molecule has 2 rings (SSSR count). The molecule has 2 atom stereocenters. The second-order valence-electron chi connectivity index (χ2n) is 5.46. The van der Waals surface area contributed by atoms with Crippen LogP contribution in [0.5, 0.6) is 0 Å². The molecule has 1 aromatic rings. The Morgan fingerprint density at radius 3 is 2.89 bits per heavy atom. The molecule has 1 heterocycles. The van der Waals surface area contributed by atoms with Crippen molar-refractivity contribution in [2.45, 2.75) is 25.8 Å². The summed E-state index contributed by atoms with van der Waals surface area (Å²) < 4.78 is 5.52. The van der Waals surface area contributed by atoms with Crippen LogP contribution >= 0.6 is 11.6 Å². The van der Waals surface area contributed by atoms with Crippen LogP contribution in [0.1, 0.15) is 31.4 Å². The van der Waals surface area contributed by atoms with Gasteiger partial charge in [-0.15, -0.1) is 0 Å². The molecular weight excluding hydrogens is 260 g/mol. The van der Waals surface area contributed by atoms with Crippen molar-refractivity contribution in [3.05, 3.63) is 28.8 Å². The van der Waals surface area contributed by atoms with Crippen molar-refractivity contribution in [2.24, 2.45) is 11.7 Å². The summed E-state index contributed by atoms with van der Waals surface area (Å²) in [6.07, 6.45) is 2.40. The van der Waals surface area contributed by atoms with E-state index < -0.39 is 0 Å². The molecule has 4 heteroatoms. The maximum atomic E-state index is 6.36. The van der Waals surface area contributed by atoms with Gasteiger partial charge in [-0.25, -0.2) is 0 Å². The molecule has 0 aromatic heterocycles. The number of nitrogens with two attached hydrogens (primary N) is 1. The molecule has 106 valence electrons. The third-order valence-corrected chi connectivity index (χ3v) is 4.00. The van der Waals surface area contributed by atoms with Gasteiger partial charge in [0.2, 0.25) is 0 Å². The number of rotatable bonds is 4. The largest absolute Gasteiger partial charge is 0.381 e. The minimum atomic E-state index is 0.0172. The quantitative estimate of drug-likeness (QED) is 0.921. The number of nitrogens with zero attached hydrogens (tertiary/aromatic N) is 1. The van der Waals surface area contributed by atoms with Crippen LogP contribution in [0.15, 0.2) is 18.2 Å². The third-order valence-electron chi connectivity index (χ3n) is 3.70. The van der Waals surface area contributed by atoms with Gasteiger partial charge in [-0.05, 0) is 43.4 Å². The van der Waals surface area contributed by atoms with Gasteiger partial charge in [-0.1, -0.05) is 17.7 Å². The fraction of sp³-hybridized carbons (Fsp3) is 0.600. The summed E-state index contributed by atoms with van der Waals surface area (Å²) in [6, 6.07) is 6.10. The van der Waals surface area contributed by atoms with Crippen LogP contribution in [0.4, 0.5) is 5.69 Å². The lowest BCUT2D eigenvalue weighted by Crippen LogP contribution is -2.31. The van der Waals surface area contributed by atoms with E-state index in [-0.39, 0.29) is 6.04 Å². The first-order chi connectivity index (χ1) is 9.08. The Bertz CT molecular complexity index is 417. The van der Waals surface area contributed by atoms with Gasteiger partial charge in [0.15, 0.2) is 0 Å². The van der Waals surface area contributed by atoms with Crippen molar-refractivity contribution in [2.75, 3.05) is 31.7 Å². The summed E-state index contributed by atoms with van der Waals surface area (Å²) in [5.74, 6) is 0.600. The lowest BCUT2D eigenvalue weighted by Gasteiger charge is -2.29. The van der Waals surface area contributed by atoms with Crippen LogP contribution in [-0.4, -0.2) is 26.8 Å². The summed E-state index contributed by atoms with van der Waals surface area (Å²) >= 11 is 6.36. The fourth-order valence-electron chi connectivity index (χ4n) is 2.55. The van der Waals surface area contributed by atoms with Crippen LogP contribution in [-0.2, 0) is 4.74 Å². The molecule has 1 saturated heterocycles. The average Bonchev–Trinajstić information content (AvgIpc) is 2.39. The summed E-state index contributed by atoms with van der Waals surface area (Å²) in [7, 11) is 2.08. The molecular formula is C15H23ClN2O. The summed E-state index contributed by atoms with van der Waals surface area (Å²) in [5, 5.41) is 0.772. The molecule has 1 aromatic carbocycles. The molecule has 0 amide bonds. The zero-order chi connectivity index (χ0) is 13.8. The monoisotopic (exact) mass is 282 g/mol. The van der Waals surface area contributed by atoms with Gasteiger partial charge in [0.05, 0.1) is 17.3 Å². The molecule has 0 radical (unpaired) electrons. The molecule has 0 bridgehead atoms. The van der Waals surface area contributed by atoms with Crippen LogP contribution < -0.4 is 10.6 Å². The maximum Gasteiger partial charge on any atom is 0.0642 e. The van der Waals surface area contributed by atoms with Crippen molar-refractivity contribution < 1.29 is 4.74 Å². The first kappa shape index (κ1) is 14.6. The molecule has 1 unspecified atom stereocenters. The normalized spacial score (nSPS) is 21.2. The highest BCUT2D eigenvalue weighted by molar-refractivity contribution is 6.33. The van der Waals surface area contributed by atoms with Gasteiger partial charge >= 0.3 is 0 Å². The summed E-state index contributed by atoms with van der Waals surface area (Å²) in [6.45, 7) is 4.72. The predicted molar refractivity (Wildman–Crippen MR) is 80.9 cm³/mol. The van der Waals surface area contributed by atoms with Gasteiger partial charge in [0.1, 0.15) is 0 Å². The summed E-state index contributed by atoms with van der Waals surface area (Å²) in [5.41, 5.74) is 8.01. The minimum absolute atomic E-state index is 0.0172. The Morgan fingerprint density at radius 2 is 2.32 bits per heavy atom. The predicted octanol–water partition coefficient (Wildman–Crippen LogP) is 3.22. The molecule has 0 spiro atoms. The highest BCUT2D eigenvalue weighted by atomic mass is 35.5. The highest BCUT2D eigenvalue weighted by Crippen LogP contribution is 2.29. The number of ether oxygens (including phenoxy) is 1. The van der Waals surface area contributed by atoms with Crippen LogP contribution in [0.3, 0.4) is 0 Å². The Balaban J connectivity index is 2.03. The molecule has 1 aliphatic rings. The van der Waals surface area contributed by atoms with E-state index in [2.05, 4.69) is 24.1 Å². The minimum Gasteiger partial charge on any atom is -0.381 e. The Labute approximate surface area is 120 Å². The van der Waals surface area contributed by atoms with Crippen molar-refractivity contribution in [3.63, 3.8) is 0 Å². The van der Waals surface area contributed by atoms with E-state index in [1.807, 2.05) is 13.0 Å². The molecule has 19 heavy (non-hydrogen) atoms. The lowest BCUT2D eigenvalue weighted by molar-refractivity contribution is 0.0576. The van der Waals surface area contributed by atoms with Crippen molar-refractivity contribution in [1.82, 2.24) is 0 Å². The Morgan fingerprint density at radius 1 is 1.53 bits per heavy atom. The molecule has 2 N–H and O–H groups in total. The van der Waals surface area contributed by atoms with E-state index in [1.54, 1.807) is 0 Å². The number of hydrogen-bond acceptors (Lipinski definition) is 3. The molecule has 1 fully saturated rings. The van der Waals surface area contributed by atoms with Crippen molar-refractivity contribution in [3.8, 4) is 0 Å². The molecule has 0 saturated carbocycles. The second-order valence-corrected chi connectivity index (χ2v) is 5.87. The fourth-order valence-corrected chi connectivity index (χ4v) is 2.89.